The Balaban J connectivity index is 4.17. The number of alkyl halides is 5. The lowest BCUT2D eigenvalue weighted by atomic mass is 10.3. The zero-order chi connectivity index (χ0) is 10.6. The molecule has 0 rings (SSSR count). The summed E-state index contributed by atoms with van der Waals surface area (Å²) in [5.41, 5.74) is 0. The Morgan fingerprint density at radius 3 is 2.15 bits per heavy atom. The fraction of sp³-hybridized carbons (Fsp3) is 0.667. The van der Waals surface area contributed by atoms with Crippen molar-refractivity contribution in [3.63, 3.8) is 0 Å². The number of rotatable bonds is 3. The maximum absolute atomic E-state index is 11.7. The normalized spacial score (nSPS) is 16.5. The number of halogens is 6. The minimum atomic E-state index is -4.43. The van der Waals surface area contributed by atoms with E-state index in [4.69, 9.17) is 5.11 Å². The molecule has 0 aromatic heterocycles. The summed E-state index contributed by atoms with van der Waals surface area (Å²) in [7, 11) is 0. The van der Waals surface area contributed by atoms with Gasteiger partial charge in [-0.3, -0.25) is 0 Å². The molecule has 7 heteroatoms. The summed E-state index contributed by atoms with van der Waals surface area (Å²) in [6, 6.07) is 0. The first-order valence-electron chi connectivity index (χ1n) is 3.12. The minimum absolute atomic E-state index is 0.398. The van der Waals surface area contributed by atoms with Gasteiger partial charge in [0.05, 0.1) is 6.42 Å². The van der Waals surface area contributed by atoms with E-state index in [2.05, 4.69) is 0 Å². The van der Waals surface area contributed by atoms with Crippen LogP contribution >= 0.6 is 22.6 Å². The minimum Gasteiger partial charge on any atom is -0.382 e. The fourth-order valence-corrected chi connectivity index (χ4v) is 0.946. The van der Waals surface area contributed by atoms with Crippen molar-refractivity contribution in [1.82, 2.24) is 0 Å². The third-order valence-corrected chi connectivity index (χ3v) is 2.13. The SMILES string of the molecule is OC(/C(I)=C/CC(F)(F)F)C(F)F. The van der Waals surface area contributed by atoms with E-state index in [1.165, 1.54) is 22.6 Å². The standard InChI is InChI=1S/C6H6F5IO/c7-5(8)4(13)3(12)1-2-6(9,10)11/h1,4-5,13H,2H2/b3-1-. The van der Waals surface area contributed by atoms with E-state index in [1.54, 1.807) is 0 Å². The largest absolute Gasteiger partial charge is 0.392 e. The van der Waals surface area contributed by atoms with E-state index in [0.717, 1.165) is 0 Å². The fourth-order valence-electron chi connectivity index (χ4n) is 0.454. The predicted octanol–water partition coefficient (Wildman–Crippen LogP) is 2.88. The summed E-state index contributed by atoms with van der Waals surface area (Å²) in [4.78, 5) is 0. The Kier molecular flexibility index (Phi) is 5.11. The predicted molar refractivity (Wildman–Crippen MR) is 44.8 cm³/mol. The molecule has 0 saturated carbocycles. The molecule has 0 spiro atoms. The Labute approximate surface area is 84.8 Å². The molecule has 0 heterocycles. The Morgan fingerprint density at radius 2 is 1.85 bits per heavy atom. The highest BCUT2D eigenvalue weighted by atomic mass is 127. The summed E-state index contributed by atoms with van der Waals surface area (Å²) in [6.07, 6.45) is -10.4. The van der Waals surface area contributed by atoms with Crippen molar-refractivity contribution in [2.45, 2.75) is 25.1 Å². The lowest BCUT2D eigenvalue weighted by Crippen LogP contribution is -2.17. The average Bonchev–Trinajstić information content (AvgIpc) is 1.97. The van der Waals surface area contributed by atoms with E-state index >= 15 is 0 Å². The molecule has 0 aromatic carbocycles. The summed E-state index contributed by atoms with van der Waals surface area (Å²) >= 11 is 1.25. The molecule has 1 N–H and O–H groups in total. The van der Waals surface area contributed by atoms with Crippen LogP contribution in [0.15, 0.2) is 9.66 Å². The van der Waals surface area contributed by atoms with Crippen molar-refractivity contribution in [1.29, 1.82) is 0 Å². The summed E-state index contributed by atoms with van der Waals surface area (Å²) in [5, 5.41) is 8.60. The van der Waals surface area contributed by atoms with Gasteiger partial charge in [0.25, 0.3) is 6.43 Å². The molecule has 0 saturated heterocycles. The Morgan fingerprint density at radius 1 is 1.38 bits per heavy atom. The molecule has 0 fully saturated rings. The van der Waals surface area contributed by atoms with Crippen molar-refractivity contribution in [3.8, 4) is 0 Å². The van der Waals surface area contributed by atoms with Gasteiger partial charge in [0.15, 0.2) is 0 Å². The maximum Gasteiger partial charge on any atom is 0.392 e. The average molecular weight is 316 g/mol. The highest BCUT2D eigenvalue weighted by molar-refractivity contribution is 14.1. The van der Waals surface area contributed by atoms with Gasteiger partial charge < -0.3 is 5.11 Å². The van der Waals surface area contributed by atoms with Crippen LogP contribution in [0.4, 0.5) is 22.0 Å². The summed E-state index contributed by atoms with van der Waals surface area (Å²) in [5.74, 6) is 0. The van der Waals surface area contributed by atoms with Gasteiger partial charge in [0, 0.05) is 3.58 Å². The van der Waals surface area contributed by atoms with E-state index in [-0.39, 0.29) is 0 Å². The molecule has 0 aliphatic heterocycles. The van der Waals surface area contributed by atoms with Gasteiger partial charge in [-0.2, -0.15) is 13.2 Å². The van der Waals surface area contributed by atoms with E-state index in [1.807, 2.05) is 0 Å². The first kappa shape index (κ1) is 13.1. The number of hydrogen-bond donors (Lipinski definition) is 1. The third-order valence-electron chi connectivity index (χ3n) is 1.05. The van der Waals surface area contributed by atoms with E-state index in [9.17, 15) is 22.0 Å². The van der Waals surface area contributed by atoms with Crippen molar-refractivity contribution < 1.29 is 27.1 Å². The summed E-state index contributed by atoms with van der Waals surface area (Å²) < 4.78 is 57.7. The molecule has 0 aromatic rings. The van der Waals surface area contributed by atoms with Gasteiger partial charge in [-0.05, 0) is 22.6 Å². The number of aliphatic hydroxyl groups excluding tert-OH is 1. The Bertz CT molecular complexity index is 188. The zero-order valence-corrected chi connectivity index (χ0v) is 8.31. The second-order valence-electron chi connectivity index (χ2n) is 2.19. The van der Waals surface area contributed by atoms with Crippen LogP contribution in [0.25, 0.3) is 0 Å². The number of hydrogen-bond acceptors (Lipinski definition) is 1. The van der Waals surface area contributed by atoms with Gasteiger partial charge in [0.2, 0.25) is 0 Å². The second kappa shape index (κ2) is 5.08. The molecule has 1 atom stereocenters. The smallest absolute Gasteiger partial charge is 0.382 e. The molecular formula is C6H6F5IO. The van der Waals surface area contributed by atoms with Gasteiger partial charge in [-0.15, -0.1) is 0 Å². The molecule has 0 amide bonds. The molecule has 0 aliphatic rings. The maximum atomic E-state index is 11.7. The quantitative estimate of drug-likeness (QED) is 0.627. The van der Waals surface area contributed by atoms with Crippen molar-refractivity contribution in [2.24, 2.45) is 0 Å². The van der Waals surface area contributed by atoms with Gasteiger partial charge >= 0.3 is 6.18 Å². The van der Waals surface area contributed by atoms with Crippen molar-refractivity contribution in [3.05, 3.63) is 9.66 Å². The van der Waals surface area contributed by atoms with Gasteiger partial charge in [-0.1, -0.05) is 6.08 Å². The highest BCUT2D eigenvalue weighted by Crippen LogP contribution is 2.24. The van der Waals surface area contributed by atoms with Crippen LogP contribution < -0.4 is 0 Å². The first-order chi connectivity index (χ1) is 5.74. The van der Waals surface area contributed by atoms with Crippen LogP contribution in [0.2, 0.25) is 0 Å². The summed E-state index contributed by atoms with van der Waals surface area (Å²) in [6.45, 7) is 0. The number of allylic oxidation sites excluding steroid dienone is 1. The second-order valence-corrected chi connectivity index (χ2v) is 3.43. The molecule has 1 nitrogen and oxygen atoms in total. The third kappa shape index (κ3) is 6.19. The van der Waals surface area contributed by atoms with Gasteiger partial charge in [-0.25, -0.2) is 8.78 Å². The van der Waals surface area contributed by atoms with Crippen LogP contribution in [-0.4, -0.2) is 23.8 Å². The van der Waals surface area contributed by atoms with Crippen LogP contribution in [0, 0.1) is 0 Å². The van der Waals surface area contributed by atoms with Crippen LogP contribution in [0.5, 0.6) is 0 Å². The van der Waals surface area contributed by atoms with Gasteiger partial charge in [0.1, 0.15) is 6.10 Å². The van der Waals surface area contributed by atoms with Crippen LogP contribution in [0.3, 0.4) is 0 Å². The molecule has 1 unspecified atom stereocenters. The van der Waals surface area contributed by atoms with Crippen LogP contribution in [-0.2, 0) is 0 Å². The highest BCUT2D eigenvalue weighted by Gasteiger charge is 2.27. The van der Waals surface area contributed by atoms with Crippen LogP contribution in [0.1, 0.15) is 6.42 Å². The lowest BCUT2D eigenvalue weighted by Gasteiger charge is -2.08. The Hall–Kier alpha value is 0.0800. The van der Waals surface area contributed by atoms with E-state index in [0.29, 0.717) is 6.08 Å². The monoisotopic (exact) mass is 316 g/mol. The topological polar surface area (TPSA) is 20.2 Å². The van der Waals surface area contributed by atoms with E-state index < -0.39 is 28.7 Å². The zero-order valence-electron chi connectivity index (χ0n) is 6.15. The van der Waals surface area contributed by atoms with Crippen molar-refractivity contribution >= 4 is 22.6 Å². The lowest BCUT2D eigenvalue weighted by molar-refractivity contribution is -0.125. The molecule has 0 bridgehead atoms. The van der Waals surface area contributed by atoms with Crippen molar-refractivity contribution in [2.75, 3.05) is 0 Å². The molecule has 13 heavy (non-hydrogen) atoms. The molecular weight excluding hydrogens is 310 g/mol. The molecule has 0 radical (unpaired) electrons. The molecule has 78 valence electrons. The number of aliphatic hydroxyl groups is 1. The molecule has 0 aliphatic carbocycles. The first-order valence-corrected chi connectivity index (χ1v) is 4.20.